The molecule has 0 aliphatic heterocycles. The smallest absolute Gasteiger partial charge is 0.156 e. The zero-order chi connectivity index (χ0) is 18.6. The van der Waals surface area contributed by atoms with Crippen LogP contribution in [0.1, 0.15) is 19.8 Å². The van der Waals surface area contributed by atoms with Gasteiger partial charge >= 0.3 is 0 Å². The molecule has 4 aromatic rings. The van der Waals surface area contributed by atoms with Crippen LogP contribution in [-0.2, 0) is 0 Å². The summed E-state index contributed by atoms with van der Waals surface area (Å²) in [6.45, 7) is 2.77. The second kappa shape index (κ2) is 7.67. The Bertz CT molecular complexity index is 1050. The summed E-state index contributed by atoms with van der Waals surface area (Å²) < 4.78 is 21.0. The fourth-order valence-electron chi connectivity index (χ4n) is 3.32. The molecule has 0 amide bonds. The molecule has 0 fully saturated rings. The van der Waals surface area contributed by atoms with Gasteiger partial charge in [-0.25, -0.2) is 4.39 Å². The molecule has 0 radical (unpaired) electrons. The van der Waals surface area contributed by atoms with Gasteiger partial charge in [0.15, 0.2) is 5.82 Å². The van der Waals surface area contributed by atoms with E-state index >= 15 is 4.39 Å². The number of fused-ring (bicyclic) bond motifs is 1. The lowest BCUT2D eigenvalue weighted by atomic mass is 9.97. The molecule has 0 bridgehead atoms. The first-order valence-corrected chi connectivity index (χ1v) is 9.36. The maximum atomic E-state index is 15.3. The van der Waals surface area contributed by atoms with Crippen molar-refractivity contribution in [1.82, 2.24) is 4.98 Å². The van der Waals surface area contributed by atoms with Gasteiger partial charge in [0.05, 0.1) is 12.3 Å². The maximum Gasteiger partial charge on any atom is 0.156 e. The lowest BCUT2D eigenvalue weighted by Crippen LogP contribution is -1.95. The fraction of sp³-hybridized carbons (Fsp3) is 0.167. The van der Waals surface area contributed by atoms with Crippen molar-refractivity contribution in [3.8, 4) is 28.1 Å². The molecular weight excluding hydrogens is 337 g/mol. The number of aromatic amines is 1. The number of rotatable bonds is 6. The number of nitrogens with one attached hydrogen (secondary N) is 1. The molecule has 136 valence electrons. The maximum absolute atomic E-state index is 15.3. The number of H-pyrrole nitrogens is 1. The number of benzene rings is 3. The van der Waals surface area contributed by atoms with Gasteiger partial charge < -0.3 is 9.72 Å². The summed E-state index contributed by atoms with van der Waals surface area (Å²) in [5, 5.41) is 0.557. The van der Waals surface area contributed by atoms with Crippen molar-refractivity contribution in [1.29, 1.82) is 0 Å². The minimum Gasteiger partial charge on any atom is -0.494 e. The van der Waals surface area contributed by atoms with Gasteiger partial charge in [0.1, 0.15) is 5.75 Å². The predicted molar refractivity (Wildman–Crippen MR) is 110 cm³/mol. The van der Waals surface area contributed by atoms with Crippen molar-refractivity contribution < 1.29 is 9.13 Å². The highest BCUT2D eigenvalue weighted by molar-refractivity contribution is 5.91. The average Bonchev–Trinajstić information content (AvgIpc) is 3.05. The highest BCUT2D eigenvalue weighted by atomic mass is 19.1. The lowest BCUT2D eigenvalue weighted by Gasteiger charge is -2.08. The van der Waals surface area contributed by atoms with E-state index in [9.17, 15) is 0 Å². The van der Waals surface area contributed by atoms with Crippen molar-refractivity contribution in [2.24, 2.45) is 0 Å². The number of ether oxygens (including phenoxy) is 1. The molecule has 3 heteroatoms. The second-order valence-corrected chi connectivity index (χ2v) is 6.63. The van der Waals surface area contributed by atoms with Crippen LogP contribution in [0.3, 0.4) is 0 Å². The number of unbranched alkanes of at least 4 members (excludes halogenated alkanes) is 1. The molecule has 0 atom stereocenters. The summed E-state index contributed by atoms with van der Waals surface area (Å²) in [5.74, 6) is 0.464. The van der Waals surface area contributed by atoms with Crippen molar-refractivity contribution in [2.45, 2.75) is 19.8 Å². The zero-order valence-corrected chi connectivity index (χ0v) is 15.3. The van der Waals surface area contributed by atoms with Crippen LogP contribution in [0.5, 0.6) is 5.75 Å². The molecule has 0 aliphatic rings. The van der Waals surface area contributed by atoms with Crippen LogP contribution in [0.2, 0.25) is 0 Å². The molecular formula is C24H22FNO. The van der Waals surface area contributed by atoms with E-state index in [-0.39, 0.29) is 5.82 Å². The van der Waals surface area contributed by atoms with Crippen molar-refractivity contribution >= 4 is 10.9 Å². The first-order valence-electron chi connectivity index (χ1n) is 9.36. The topological polar surface area (TPSA) is 25.0 Å². The van der Waals surface area contributed by atoms with Crippen LogP contribution in [0, 0.1) is 5.82 Å². The van der Waals surface area contributed by atoms with Gasteiger partial charge in [-0.05, 0) is 35.7 Å². The van der Waals surface area contributed by atoms with Gasteiger partial charge in [-0.2, -0.15) is 0 Å². The van der Waals surface area contributed by atoms with E-state index in [0.717, 1.165) is 35.0 Å². The van der Waals surface area contributed by atoms with E-state index in [1.165, 1.54) is 0 Å². The molecule has 0 saturated heterocycles. The summed E-state index contributed by atoms with van der Waals surface area (Å²) in [6.07, 6.45) is 2.06. The molecule has 2 nitrogen and oxygen atoms in total. The van der Waals surface area contributed by atoms with Crippen LogP contribution in [0.4, 0.5) is 4.39 Å². The third kappa shape index (κ3) is 3.45. The summed E-state index contributed by atoms with van der Waals surface area (Å²) in [5.41, 5.74) is 4.20. The van der Waals surface area contributed by atoms with Gasteiger partial charge in [0.25, 0.3) is 0 Å². The Morgan fingerprint density at radius 2 is 1.63 bits per heavy atom. The van der Waals surface area contributed by atoms with Crippen LogP contribution in [0.15, 0.2) is 72.8 Å². The molecule has 0 unspecified atom stereocenters. The highest BCUT2D eigenvalue weighted by Crippen LogP contribution is 2.36. The Kier molecular flexibility index (Phi) is 4.93. The van der Waals surface area contributed by atoms with Gasteiger partial charge in [-0.3, -0.25) is 0 Å². The normalized spacial score (nSPS) is 11.0. The third-order valence-corrected chi connectivity index (χ3v) is 4.75. The molecule has 4 rings (SSSR count). The summed E-state index contributed by atoms with van der Waals surface area (Å²) in [4.78, 5) is 3.25. The Morgan fingerprint density at radius 1 is 0.889 bits per heavy atom. The van der Waals surface area contributed by atoms with Crippen molar-refractivity contribution in [3.05, 3.63) is 78.6 Å². The summed E-state index contributed by atoms with van der Waals surface area (Å²) >= 11 is 0. The lowest BCUT2D eigenvalue weighted by molar-refractivity contribution is 0.310. The molecule has 0 aliphatic carbocycles. The van der Waals surface area contributed by atoms with E-state index in [1.54, 1.807) is 6.07 Å². The van der Waals surface area contributed by atoms with Gasteiger partial charge in [0.2, 0.25) is 0 Å². The Hall–Kier alpha value is -3.07. The monoisotopic (exact) mass is 359 g/mol. The van der Waals surface area contributed by atoms with E-state index in [1.807, 2.05) is 66.7 Å². The quantitative estimate of drug-likeness (QED) is 0.375. The first-order chi connectivity index (χ1) is 13.3. The summed E-state index contributed by atoms with van der Waals surface area (Å²) in [6, 6.07) is 23.5. The van der Waals surface area contributed by atoms with Crippen molar-refractivity contribution in [3.63, 3.8) is 0 Å². The number of hydrogen-bond donors (Lipinski definition) is 1. The minimum absolute atomic E-state index is 0.241. The summed E-state index contributed by atoms with van der Waals surface area (Å²) in [7, 11) is 0. The van der Waals surface area contributed by atoms with Crippen LogP contribution >= 0.6 is 0 Å². The number of halogens is 1. The Morgan fingerprint density at radius 3 is 2.41 bits per heavy atom. The van der Waals surface area contributed by atoms with Crippen molar-refractivity contribution in [2.75, 3.05) is 6.61 Å². The predicted octanol–water partition coefficient (Wildman–Crippen LogP) is 6.82. The molecule has 3 aromatic carbocycles. The molecule has 1 N–H and O–H groups in total. The molecule has 0 saturated carbocycles. The third-order valence-electron chi connectivity index (χ3n) is 4.75. The molecule has 1 aromatic heterocycles. The Labute approximate surface area is 158 Å². The molecule has 0 spiro atoms. The van der Waals surface area contributed by atoms with Crippen LogP contribution in [0.25, 0.3) is 33.3 Å². The standard InChI is InChI=1S/C24H22FNO/c1-2-3-15-27-18-13-14-22-21(16-18)23(25)24(26-22)20-12-8-7-11-19(20)17-9-5-4-6-10-17/h4-14,16,26H,2-3,15H2,1H3. The molecule has 27 heavy (non-hydrogen) atoms. The average molecular weight is 359 g/mol. The van der Waals surface area contributed by atoms with Crippen LogP contribution < -0.4 is 4.74 Å². The second-order valence-electron chi connectivity index (χ2n) is 6.63. The minimum atomic E-state index is -0.241. The van der Waals surface area contributed by atoms with Crippen LogP contribution in [-0.4, -0.2) is 11.6 Å². The van der Waals surface area contributed by atoms with E-state index in [0.29, 0.717) is 23.4 Å². The van der Waals surface area contributed by atoms with Gasteiger partial charge in [0, 0.05) is 16.5 Å². The zero-order valence-electron chi connectivity index (χ0n) is 15.3. The van der Waals surface area contributed by atoms with Gasteiger partial charge in [-0.15, -0.1) is 0 Å². The SMILES string of the molecule is CCCCOc1ccc2[nH]c(-c3ccccc3-c3ccccc3)c(F)c2c1. The number of aromatic nitrogens is 1. The van der Waals surface area contributed by atoms with E-state index < -0.39 is 0 Å². The largest absolute Gasteiger partial charge is 0.494 e. The van der Waals surface area contributed by atoms with Gasteiger partial charge in [-0.1, -0.05) is 67.9 Å². The molecule has 1 heterocycles. The first kappa shape index (κ1) is 17.3. The van der Waals surface area contributed by atoms with E-state index in [4.69, 9.17) is 4.74 Å². The Balaban J connectivity index is 1.78. The van der Waals surface area contributed by atoms with E-state index in [2.05, 4.69) is 11.9 Å². The fourth-order valence-corrected chi connectivity index (χ4v) is 3.32. The highest BCUT2D eigenvalue weighted by Gasteiger charge is 2.17. The number of hydrogen-bond acceptors (Lipinski definition) is 1.